The summed E-state index contributed by atoms with van der Waals surface area (Å²) in [5.41, 5.74) is 6.55. The van der Waals surface area contributed by atoms with Crippen LogP contribution in [0.4, 0.5) is 0 Å². The minimum atomic E-state index is -1.67. The van der Waals surface area contributed by atoms with Crippen molar-refractivity contribution in [1.82, 2.24) is 19.6 Å². The molecule has 0 aromatic carbocycles. The Hall–Kier alpha value is -0.840. The van der Waals surface area contributed by atoms with Crippen LogP contribution in [0.3, 0.4) is 0 Å². The van der Waals surface area contributed by atoms with Crippen LogP contribution in [0.1, 0.15) is 164 Å². The second-order valence-electron chi connectivity index (χ2n) is 15.6. The first-order valence-electron chi connectivity index (χ1n) is 18.6. The van der Waals surface area contributed by atoms with Gasteiger partial charge in [0.05, 0.1) is 34.2 Å². The Morgan fingerprint density at radius 2 is 1.02 bits per heavy atom. The molecule has 0 saturated heterocycles. The molecule has 290 valence electrons. The van der Waals surface area contributed by atoms with Gasteiger partial charge >= 0.3 is 5.97 Å². The average Bonchev–Trinajstić information content (AvgIpc) is 3.64. The van der Waals surface area contributed by atoms with Crippen LogP contribution in [0.2, 0.25) is 0 Å². The highest BCUT2D eigenvalue weighted by atomic mass is 36.0. The zero-order valence-corrected chi connectivity index (χ0v) is 35.4. The topological polar surface area (TPSA) is 107 Å². The number of carbonyl (C=O) groups is 2. The van der Waals surface area contributed by atoms with Gasteiger partial charge in [0.1, 0.15) is 0 Å². The first-order valence-corrected chi connectivity index (χ1v) is 22.9. The predicted molar refractivity (Wildman–Crippen MR) is 212 cm³/mol. The third-order valence-corrected chi connectivity index (χ3v) is 11.3. The summed E-state index contributed by atoms with van der Waals surface area (Å²) in [6, 6.07) is 1.12. The van der Waals surface area contributed by atoms with E-state index in [1.807, 2.05) is 27.7 Å². The Kier molecular flexibility index (Phi) is 18.6. The van der Waals surface area contributed by atoms with Gasteiger partial charge in [-0.25, -0.2) is 4.21 Å². The van der Waals surface area contributed by atoms with E-state index in [1.54, 1.807) is 0 Å². The van der Waals surface area contributed by atoms with Crippen LogP contribution in [0.15, 0.2) is 0 Å². The third kappa shape index (κ3) is 13.2. The van der Waals surface area contributed by atoms with Crippen LogP contribution in [0.25, 0.3) is 0 Å². The molecule has 0 unspecified atom stereocenters. The first kappa shape index (κ1) is 44.6. The van der Waals surface area contributed by atoms with E-state index in [-0.39, 0.29) is 10.6 Å². The van der Waals surface area contributed by atoms with Gasteiger partial charge in [-0.1, -0.05) is 52.4 Å². The molecular formula is C37H57Cl5N4O4S. The molecule has 2 heterocycles. The van der Waals surface area contributed by atoms with Crippen molar-refractivity contribution in [2.24, 2.45) is 10.8 Å². The molecule has 8 nitrogen and oxygen atoms in total. The molecular weight excluding hydrogens is 774 g/mol. The molecule has 51 heavy (non-hydrogen) atoms. The van der Waals surface area contributed by atoms with Gasteiger partial charge in [-0.3, -0.25) is 19.0 Å². The highest BCUT2D eigenvalue weighted by Gasteiger charge is 2.34. The van der Waals surface area contributed by atoms with Crippen LogP contribution in [0, 0.1) is 10.8 Å². The number of aliphatic carboxylic acids is 1. The van der Waals surface area contributed by atoms with Gasteiger partial charge in [-0.15, -0.1) is 23.2 Å². The maximum Gasteiger partial charge on any atom is 0.309 e. The molecule has 2 aromatic heterocycles. The number of carboxylic acid groups (broad SMARTS) is 1. The largest absolute Gasteiger partial charge is 0.481 e. The Balaban J connectivity index is 0.000000233. The Morgan fingerprint density at radius 1 is 0.686 bits per heavy atom. The Labute approximate surface area is 331 Å². The standard InChI is InChI=1S/C18H27ClN2O.C18H28N2O2.CH2Cl2.Cl2OS/c1-18(2,17(19)22)12-15-14-10-6-7-11-16(14)21(20-15)13-8-4-3-5-9-13;1-18(2,17(21)22)12-15-14-10-6-7-11-16(14)20(19-15)13-8-4-3-5-9-13;2-1-3;1-4(2)3/h13H,3-12H2,1-2H3;13H,3-12H2,1-2H3,(H,21,22);1H2;. The van der Waals surface area contributed by atoms with Crippen molar-refractivity contribution in [3.05, 3.63) is 33.9 Å². The van der Waals surface area contributed by atoms with Gasteiger partial charge in [-0.2, -0.15) is 10.2 Å². The zero-order chi connectivity index (χ0) is 37.8. The SMILES string of the molecule is CC(C)(Cc1nn(C2CCCCC2)c2c1CCCC2)C(=O)Cl.CC(C)(Cc1nn(C2CCCCC2)c2c1CCCC2)C(=O)O.ClCCl.O=S(Cl)Cl. The maximum absolute atomic E-state index is 11.7. The van der Waals surface area contributed by atoms with Crippen LogP contribution in [-0.4, -0.2) is 45.4 Å². The molecule has 0 atom stereocenters. The number of rotatable bonds is 8. The zero-order valence-electron chi connectivity index (χ0n) is 30.8. The molecule has 2 aromatic rings. The van der Waals surface area contributed by atoms with Crippen molar-refractivity contribution < 1.29 is 18.9 Å². The van der Waals surface area contributed by atoms with Gasteiger partial charge in [-0.05, 0) is 114 Å². The fourth-order valence-corrected chi connectivity index (χ4v) is 8.00. The number of hydrogen-bond donors (Lipinski definition) is 1. The molecule has 6 rings (SSSR count). The summed E-state index contributed by atoms with van der Waals surface area (Å²) in [5.74, 6) is -0.732. The number of halogens is 5. The lowest BCUT2D eigenvalue weighted by Crippen LogP contribution is -2.27. The number of nitrogens with zero attached hydrogens (tertiary/aromatic N) is 4. The average molecular weight is 831 g/mol. The highest BCUT2D eigenvalue weighted by Crippen LogP contribution is 2.37. The van der Waals surface area contributed by atoms with E-state index in [9.17, 15) is 14.7 Å². The minimum absolute atomic E-state index is 0.194. The van der Waals surface area contributed by atoms with Gasteiger partial charge in [0.2, 0.25) is 14.5 Å². The number of carbonyl (C=O) groups excluding carboxylic acids is 1. The van der Waals surface area contributed by atoms with Crippen molar-refractivity contribution in [3.8, 4) is 0 Å². The molecule has 0 amide bonds. The first-order chi connectivity index (χ1) is 24.1. The molecule has 2 fully saturated rings. The van der Waals surface area contributed by atoms with Crippen molar-refractivity contribution in [2.75, 3.05) is 5.34 Å². The van der Waals surface area contributed by atoms with E-state index in [0.717, 1.165) is 37.1 Å². The quantitative estimate of drug-likeness (QED) is 0.210. The van der Waals surface area contributed by atoms with E-state index in [1.165, 1.54) is 112 Å². The molecule has 0 radical (unpaired) electrons. The van der Waals surface area contributed by atoms with E-state index < -0.39 is 26.0 Å². The number of alkyl halides is 2. The van der Waals surface area contributed by atoms with Crippen LogP contribution in [-0.2, 0) is 57.3 Å². The fourth-order valence-electron chi connectivity index (χ4n) is 7.93. The van der Waals surface area contributed by atoms with E-state index in [4.69, 9.17) is 49.2 Å². The lowest BCUT2D eigenvalue weighted by atomic mass is 9.84. The number of carboxylic acids is 1. The third-order valence-electron chi connectivity index (χ3n) is 10.8. The van der Waals surface area contributed by atoms with Crippen LogP contribution in [0.5, 0.6) is 0 Å². The van der Waals surface area contributed by atoms with Crippen molar-refractivity contribution in [1.29, 1.82) is 0 Å². The van der Waals surface area contributed by atoms with Crippen LogP contribution >= 0.6 is 56.2 Å². The molecule has 0 spiro atoms. The summed E-state index contributed by atoms with van der Waals surface area (Å²) in [6.45, 7) is 7.47. The van der Waals surface area contributed by atoms with Crippen molar-refractivity contribution in [2.45, 2.75) is 168 Å². The molecule has 1 N–H and O–H groups in total. The summed E-state index contributed by atoms with van der Waals surface area (Å²) in [6.07, 6.45) is 23.6. The Morgan fingerprint density at radius 3 is 1.35 bits per heavy atom. The summed E-state index contributed by atoms with van der Waals surface area (Å²) < 4.78 is 13.7. The predicted octanol–water partition coefficient (Wildman–Crippen LogP) is 11.0. The minimum Gasteiger partial charge on any atom is -0.481 e. The van der Waals surface area contributed by atoms with Crippen molar-refractivity contribution >= 4 is 76.6 Å². The highest BCUT2D eigenvalue weighted by molar-refractivity contribution is 8.26. The molecule has 4 aliphatic carbocycles. The molecule has 2 saturated carbocycles. The van der Waals surface area contributed by atoms with Crippen LogP contribution < -0.4 is 0 Å². The van der Waals surface area contributed by atoms with Crippen molar-refractivity contribution in [3.63, 3.8) is 0 Å². The summed E-state index contributed by atoms with van der Waals surface area (Å²) in [7, 11) is 7.36. The van der Waals surface area contributed by atoms with Gasteiger partial charge < -0.3 is 5.11 Å². The number of hydrogen-bond acceptors (Lipinski definition) is 5. The monoisotopic (exact) mass is 828 g/mol. The van der Waals surface area contributed by atoms with Gasteiger partial charge in [0.25, 0.3) is 0 Å². The molecule has 14 heteroatoms. The Bertz CT molecular complexity index is 1340. The normalized spacial score (nSPS) is 18.2. The smallest absolute Gasteiger partial charge is 0.309 e. The fraction of sp³-hybridized carbons (Fsp3) is 0.784. The van der Waals surface area contributed by atoms with Gasteiger partial charge in [0, 0.05) is 51.0 Å². The maximum atomic E-state index is 11.7. The molecule has 0 bridgehead atoms. The molecule has 4 aliphatic rings. The van der Waals surface area contributed by atoms with E-state index in [2.05, 4.69) is 30.7 Å². The molecule has 0 aliphatic heterocycles. The lowest BCUT2D eigenvalue weighted by Gasteiger charge is -2.25. The second kappa shape index (κ2) is 21.3. The van der Waals surface area contributed by atoms with E-state index >= 15 is 0 Å². The number of aromatic nitrogens is 4. The number of fused-ring (bicyclic) bond motifs is 2. The summed E-state index contributed by atoms with van der Waals surface area (Å²) >= 11 is 15.3. The second-order valence-corrected chi connectivity index (χ2v) is 19.3. The summed E-state index contributed by atoms with van der Waals surface area (Å²) in [5, 5.41) is 19.3. The summed E-state index contributed by atoms with van der Waals surface area (Å²) in [4.78, 5) is 23.1. The lowest BCUT2D eigenvalue weighted by molar-refractivity contribution is -0.146. The van der Waals surface area contributed by atoms with Gasteiger partial charge in [0.15, 0.2) is 0 Å². The van der Waals surface area contributed by atoms with E-state index in [0.29, 0.717) is 24.9 Å².